The van der Waals surface area contributed by atoms with Crippen LogP contribution in [0.1, 0.15) is 21.7 Å². The quantitative estimate of drug-likeness (QED) is 0.749. The van der Waals surface area contributed by atoms with Crippen molar-refractivity contribution in [2.45, 2.75) is 26.0 Å². The lowest BCUT2D eigenvalue weighted by Gasteiger charge is -2.36. The van der Waals surface area contributed by atoms with Crippen molar-refractivity contribution in [2.24, 2.45) is 0 Å². The summed E-state index contributed by atoms with van der Waals surface area (Å²) >= 11 is 0. The van der Waals surface area contributed by atoms with Crippen molar-refractivity contribution in [3.63, 3.8) is 0 Å². The van der Waals surface area contributed by atoms with Crippen LogP contribution >= 0.6 is 0 Å². The second-order valence-electron chi connectivity index (χ2n) is 6.65. The van der Waals surface area contributed by atoms with Crippen molar-refractivity contribution in [3.05, 3.63) is 35.2 Å². The average Bonchev–Trinajstić information content (AvgIpc) is 2.88. The lowest BCUT2D eigenvalue weighted by atomic mass is 10.1. The molecule has 132 valence electrons. The number of benzene rings is 1. The minimum absolute atomic E-state index is 0.0108. The Morgan fingerprint density at radius 1 is 1.16 bits per heavy atom. The second kappa shape index (κ2) is 5.74. The van der Waals surface area contributed by atoms with Crippen molar-refractivity contribution in [2.75, 3.05) is 24.7 Å². The van der Waals surface area contributed by atoms with Crippen LogP contribution in [0.5, 0.6) is 0 Å². The van der Waals surface area contributed by atoms with E-state index in [1.54, 1.807) is 23.1 Å². The minimum atomic E-state index is -3.16. The Balaban J connectivity index is 1.68. The number of sulfone groups is 1. The first-order valence-electron chi connectivity index (χ1n) is 8.22. The molecule has 1 aromatic heterocycles. The molecule has 4 rings (SSSR count). The molecule has 0 bridgehead atoms. The fourth-order valence-corrected chi connectivity index (χ4v) is 5.37. The Morgan fingerprint density at radius 3 is 2.64 bits per heavy atom. The number of carbonyl (C=O) groups excluding carboxylic acids is 1. The molecule has 3 heterocycles. The number of hydrogen-bond acceptors (Lipinski definition) is 6. The molecule has 0 radical (unpaired) electrons. The third-order valence-corrected chi connectivity index (χ3v) is 6.61. The SMILES string of the molecule is Cc1nc2ccc(C(=O)N3CCOC4CS(=O)(=O)CC43)cc2nc1C. The highest BCUT2D eigenvalue weighted by atomic mass is 32.2. The molecule has 0 aliphatic carbocycles. The summed E-state index contributed by atoms with van der Waals surface area (Å²) in [5, 5.41) is 0. The molecule has 1 amide bonds. The summed E-state index contributed by atoms with van der Waals surface area (Å²) in [4.78, 5) is 23.6. The van der Waals surface area contributed by atoms with Gasteiger partial charge in [-0.2, -0.15) is 0 Å². The van der Waals surface area contributed by atoms with Crippen LogP contribution in [0, 0.1) is 13.8 Å². The zero-order chi connectivity index (χ0) is 17.8. The molecule has 2 aliphatic heterocycles. The minimum Gasteiger partial charge on any atom is -0.373 e. The molecule has 2 saturated heterocycles. The predicted octanol–water partition coefficient (Wildman–Crippen LogP) is 0.885. The summed E-state index contributed by atoms with van der Waals surface area (Å²) in [5.74, 6) is -0.226. The largest absolute Gasteiger partial charge is 0.373 e. The van der Waals surface area contributed by atoms with Gasteiger partial charge in [-0.25, -0.2) is 18.4 Å². The van der Waals surface area contributed by atoms with Crippen molar-refractivity contribution in [3.8, 4) is 0 Å². The lowest BCUT2D eigenvalue weighted by Crippen LogP contribution is -2.53. The maximum Gasteiger partial charge on any atom is 0.254 e. The summed E-state index contributed by atoms with van der Waals surface area (Å²) in [5.41, 5.74) is 3.58. The topological polar surface area (TPSA) is 89.5 Å². The van der Waals surface area contributed by atoms with Gasteiger partial charge >= 0.3 is 0 Å². The highest BCUT2D eigenvalue weighted by Crippen LogP contribution is 2.26. The third-order valence-electron chi connectivity index (χ3n) is 4.92. The summed E-state index contributed by atoms with van der Waals surface area (Å²) in [6.45, 7) is 4.53. The van der Waals surface area contributed by atoms with Gasteiger partial charge in [0.1, 0.15) is 0 Å². The van der Waals surface area contributed by atoms with E-state index in [-0.39, 0.29) is 17.4 Å². The average molecular weight is 361 g/mol. The number of hydrogen-bond donors (Lipinski definition) is 0. The fourth-order valence-electron chi connectivity index (χ4n) is 3.50. The van der Waals surface area contributed by atoms with Gasteiger partial charge < -0.3 is 9.64 Å². The molecule has 7 nitrogen and oxygen atoms in total. The van der Waals surface area contributed by atoms with Gasteiger partial charge in [-0.1, -0.05) is 0 Å². The zero-order valence-electron chi connectivity index (χ0n) is 14.1. The van der Waals surface area contributed by atoms with Gasteiger partial charge in [-0.15, -0.1) is 0 Å². The van der Waals surface area contributed by atoms with Gasteiger partial charge in [0, 0.05) is 12.1 Å². The van der Waals surface area contributed by atoms with Crippen LogP contribution in [-0.2, 0) is 14.6 Å². The van der Waals surface area contributed by atoms with Gasteiger partial charge in [0.05, 0.1) is 52.7 Å². The van der Waals surface area contributed by atoms with Crippen LogP contribution in [0.3, 0.4) is 0 Å². The number of ether oxygens (including phenoxy) is 1. The normalized spacial score (nSPS) is 25.1. The Bertz CT molecular complexity index is 973. The first-order valence-corrected chi connectivity index (χ1v) is 10.0. The van der Waals surface area contributed by atoms with Crippen molar-refractivity contribution >= 4 is 26.8 Å². The van der Waals surface area contributed by atoms with Gasteiger partial charge in [0.25, 0.3) is 5.91 Å². The Kier molecular flexibility index (Phi) is 3.77. The number of aryl methyl sites for hydroxylation is 2. The third kappa shape index (κ3) is 2.89. The second-order valence-corrected chi connectivity index (χ2v) is 8.80. The number of amides is 1. The molecule has 1 aromatic carbocycles. The number of fused-ring (bicyclic) bond motifs is 2. The van der Waals surface area contributed by atoms with E-state index in [0.717, 1.165) is 16.9 Å². The molecule has 2 fully saturated rings. The van der Waals surface area contributed by atoms with Gasteiger partial charge in [-0.05, 0) is 32.0 Å². The molecule has 0 saturated carbocycles. The van der Waals surface area contributed by atoms with Crippen LogP contribution in [0.15, 0.2) is 18.2 Å². The Morgan fingerprint density at radius 2 is 1.88 bits per heavy atom. The highest BCUT2D eigenvalue weighted by Gasteiger charge is 2.45. The standard InChI is InChI=1S/C17H19N3O4S/c1-10-11(2)19-14-7-12(3-4-13(14)18-10)17(21)20-5-6-24-16-9-25(22,23)8-15(16)20/h3-4,7,15-16H,5-6,8-9H2,1-2H3. The zero-order valence-corrected chi connectivity index (χ0v) is 14.9. The number of aromatic nitrogens is 2. The molecule has 8 heteroatoms. The Labute approximate surface area is 145 Å². The van der Waals surface area contributed by atoms with E-state index in [1.165, 1.54) is 0 Å². The molecule has 2 unspecified atom stereocenters. The van der Waals surface area contributed by atoms with Gasteiger partial charge in [-0.3, -0.25) is 4.79 Å². The maximum atomic E-state index is 13.0. The summed E-state index contributed by atoms with van der Waals surface area (Å²) in [6, 6.07) is 4.83. The van der Waals surface area contributed by atoms with E-state index in [4.69, 9.17) is 4.74 Å². The van der Waals surface area contributed by atoms with Crippen molar-refractivity contribution < 1.29 is 17.9 Å². The fraction of sp³-hybridized carbons (Fsp3) is 0.471. The summed E-state index contributed by atoms with van der Waals surface area (Å²) < 4.78 is 29.4. The van der Waals surface area contributed by atoms with Crippen LogP contribution in [-0.4, -0.2) is 66.0 Å². The maximum absolute atomic E-state index is 13.0. The molecular weight excluding hydrogens is 342 g/mol. The molecule has 25 heavy (non-hydrogen) atoms. The van der Waals surface area contributed by atoms with E-state index in [9.17, 15) is 13.2 Å². The van der Waals surface area contributed by atoms with Crippen LogP contribution in [0.25, 0.3) is 11.0 Å². The first kappa shape index (κ1) is 16.4. The Hall–Kier alpha value is -2.06. The smallest absolute Gasteiger partial charge is 0.254 e. The first-order chi connectivity index (χ1) is 11.8. The lowest BCUT2D eigenvalue weighted by molar-refractivity contribution is -0.0361. The molecule has 0 N–H and O–H groups in total. The molecule has 2 aliphatic rings. The number of nitrogens with zero attached hydrogens (tertiary/aromatic N) is 3. The molecular formula is C17H19N3O4S. The van der Waals surface area contributed by atoms with E-state index in [1.807, 2.05) is 13.8 Å². The molecule has 0 spiro atoms. The predicted molar refractivity (Wildman–Crippen MR) is 92.2 cm³/mol. The van der Waals surface area contributed by atoms with E-state index < -0.39 is 22.0 Å². The van der Waals surface area contributed by atoms with Gasteiger partial charge in [0.2, 0.25) is 0 Å². The monoisotopic (exact) mass is 361 g/mol. The van der Waals surface area contributed by atoms with Crippen molar-refractivity contribution in [1.82, 2.24) is 14.9 Å². The summed E-state index contributed by atoms with van der Waals surface area (Å²) in [6.07, 6.45) is -0.423. The summed E-state index contributed by atoms with van der Waals surface area (Å²) in [7, 11) is -3.16. The van der Waals surface area contributed by atoms with Crippen molar-refractivity contribution in [1.29, 1.82) is 0 Å². The van der Waals surface area contributed by atoms with E-state index >= 15 is 0 Å². The molecule has 2 aromatic rings. The van der Waals surface area contributed by atoms with Crippen LogP contribution in [0.4, 0.5) is 0 Å². The van der Waals surface area contributed by atoms with Crippen LogP contribution in [0.2, 0.25) is 0 Å². The van der Waals surface area contributed by atoms with E-state index in [2.05, 4.69) is 9.97 Å². The number of rotatable bonds is 1. The van der Waals surface area contributed by atoms with Crippen LogP contribution < -0.4 is 0 Å². The number of morpholine rings is 1. The number of carbonyl (C=O) groups is 1. The highest BCUT2D eigenvalue weighted by molar-refractivity contribution is 7.91. The van der Waals surface area contributed by atoms with E-state index in [0.29, 0.717) is 24.2 Å². The molecule has 2 atom stereocenters. The van der Waals surface area contributed by atoms with Gasteiger partial charge in [0.15, 0.2) is 9.84 Å².